The van der Waals surface area contributed by atoms with Crippen LogP contribution < -0.4 is 0 Å². The van der Waals surface area contributed by atoms with Crippen molar-refractivity contribution in [2.75, 3.05) is 6.73 Å². The van der Waals surface area contributed by atoms with Gasteiger partial charge in [0.15, 0.2) is 6.04 Å². The highest BCUT2D eigenvalue weighted by molar-refractivity contribution is 5.93. The van der Waals surface area contributed by atoms with Crippen molar-refractivity contribution in [1.82, 2.24) is 9.96 Å². The summed E-state index contributed by atoms with van der Waals surface area (Å²) in [6.07, 6.45) is -2.36. The first kappa shape index (κ1) is 21.9. The fourth-order valence-corrected chi connectivity index (χ4v) is 4.23. The van der Waals surface area contributed by atoms with E-state index < -0.39 is 30.5 Å². The highest BCUT2D eigenvalue weighted by Gasteiger charge is 2.65. The second kappa shape index (κ2) is 9.16. The summed E-state index contributed by atoms with van der Waals surface area (Å²) < 4.78 is 21.4. The number of benzene rings is 2. The molecule has 0 saturated carbocycles. The van der Waals surface area contributed by atoms with E-state index in [1.54, 1.807) is 6.92 Å². The Morgan fingerprint density at radius 3 is 2.15 bits per heavy atom. The number of hydrogen-bond acceptors (Lipinski definition) is 9. The topological polar surface area (TPSA) is 104 Å². The molecule has 0 spiro atoms. The molecular formula is C24H22N2O8. The second-order valence-electron chi connectivity index (χ2n) is 8.01. The summed E-state index contributed by atoms with van der Waals surface area (Å²) >= 11 is 0. The van der Waals surface area contributed by atoms with Crippen LogP contribution in [0.3, 0.4) is 0 Å². The number of carbonyl (C=O) groups is 3. The molecule has 34 heavy (non-hydrogen) atoms. The van der Waals surface area contributed by atoms with Crippen LogP contribution in [0.5, 0.6) is 0 Å². The molecule has 3 aliphatic rings. The van der Waals surface area contributed by atoms with Crippen LogP contribution in [0.2, 0.25) is 0 Å². The predicted molar refractivity (Wildman–Crippen MR) is 114 cm³/mol. The average molecular weight is 466 g/mol. The highest BCUT2D eigenvalue weighted by Crippen LogP contribution is 2.45. The maximum absolute atomic E-state index is 12.9. The third kappa shape index (κ3) is 4.09. The van der Waals surface area contributed by atoms with Crippen molar-refractivity contribution in [1.29, 1.82) is 0 Å². The Morgan fingerprint density at radius 2 is 1.53 bits per heavy atom. The summed E-state index contributed by atoms with van der Waals surface area (Å²) in [4.78, 5) is 43.8. The molecule has 0 bridgehead atoms. The third-order valence-electron chi connectivity index (χ3n) is 5.87. The Bertz CT molecular complexity index is 1120. The number of rotatable bonds is 6. The zero-order valence-electron chi connectivity index (χ0n) is 18.3. The van der Waals surface area contributed by atoms with E-state index >= 15 is 0 Å². The minimum atomic E-state index is -0.944. The predicted octanol–water partition coefficient (Wildman–Crippen LogP) is 3.09. The van der Waals surface area contributed by atoms with E-state index in [4.69, 9.17) is 23.8 Å². The molecule has 2 aromatic rings. The molecule has 3 atom stereocenters. The first-order valence-electron chi connectivity index (χ1n) is 10.7. The summed E-state index contributed by atoms with van der Waals surface area (Å²) in [6.45, 7) is 1.67. The van der Waals surface area contributed by atoms with Gasteiger partial charge in [0, 0.05) is 5.57 Å². The number of amides is 1. The lowest BCUT2D eigenvalue weighted by atomic mass is 9.90. The van der Waals surface area contributed by atoms with E-state index in [2.05, 4.69) is 0 Å². The van der Waals surface area contributed by atoms with Crippen molar-refractivity contribution in [3.8, 4) is 0 Å². The Morgan fingerprint density at radius 1 is 0.941 bits per heavy atom. The van der Waals surface area contributed by atoms with Gasteiger partial charge in [0.05, 0.1) is 6.04 Å². The van der Waals surface area contributed by atoms with Gasteiger partial charge in [-0.05, 0) is 18.1 Å². The van der Waals surface area contributed by atoms with Gasteiger partial charge in [0.2, 0.25) is 5.88 Å². The first-order valence-corrected chi connectivity index (χ1v) is 10.7. The minimum absolute atomic E-state index is 0.0366. The van der Waals surface area contributed by atoms with Crippen molar-refractivity contribution in [2.45, 2.75) is 38.3 Å². The van der Waals surface area contributed by atoms with Crippen molar-refractivity contribution in [2.24, 2.45) is 0 Å². The zero-order chi connectivity index (χ0) is 23.7. The van der Waals surface area contributed by atoms with Gasteiger partial charge in [0.25, 0.3) is 5.91 Å². The molecule has 1 unspecified atom stereocenters. The fourth-order valence-electron chi connectivity index (χ4n) is 4.23. The monoisotopic (exact) mass is 466 g/mol. The molecule has 1 amide bonds. The molecule has 2 aromatic carbocycles. The van der Waals surface area contributed by atoms with Gasteiger partial charge in [-0.25, -0.2) is 9.59 Å². The van der Waals surface area contributed by atoms with Gasteiger partial charge in [-0.15, -0.1) is 0 Å². The molecule has 10 heteroatoms. The molecule has 0 aromatic heterocycles. The highest BCUT2D eigenvalue weighted by atomic mass is 16.8. The van der Waals surface area contributed by atoms with Crippen LogP contribution in [0.1, 0.15) is 18.1 Å². The van der Waals surface area contributed by atoms with Crippen molar-refractivity contribution >= 4 is 18.2 Å². The second-order valence-corrected chi connectivity index (χ2v) is 8.01. The third-order valence-corrected chi connectivity index (χ3v) is 5.87. The number of nitrogens with zero attached hydrogens (tertiary/aromatic N) is 2. The summed E-state index contributed by atoms with van der Waals surface area (Å²) in [7, 11) is 0. The van der Waals surface area contributed by atoms with E-state index in [9.17, 15) is 14.4 Å². The Kier molecular flexibility index (Phi) is 5.91. The van der Waals surface area contributed by atoms with Crippen LogP contribution in [-0.4, -0.2) is 53.1 Å². The molecule has 2 fully saturated rings. The Hall–Kier alpha value is -3.89. The molecule has 2 saturated heterocycles. The zero-order valence-corrected chi connectivity index (χ0v) is 18.3. The number of hydrogen-bond donors (Lipinski definition) is 0. The van der Waals surface area contributed by atoms with E-state index in [-0.39, 0.29) is 31.7 Å². The summed E-state index contributed by atoms with van der Waals surface area (Å²) in [5.74, 6) is -0.292. The van der Waals surface area contributed by atoms with Crippen LogP contribution in [0.4, 0.5) is 9.59 Å². The minimum Gasteiger partial charge on any atom is -0.429 e. The number of ether oxygens (including phenoxy) is 4. The summed E-state index contributed by atoms with van der Waals surface area (Å²) in [5.41, 5.74) is 2.20. The Balaban J connectivity index is 1.17. The van der Waals surface area contributed by atoms with Crippen LogP contribution in [-0.2, 0) is 41.8 Å². The molecule has 0 aliphatic carbocycles. The number of carbonyl (C=O) groups excluding carboxylic acids is 3. The molecule has 3 aliphatic heterocycles. The van der Waals surface area contributed by atoms with Crippen molar-refractivity contribution in [3.05, 3.63) is 83.2 Å². The average Bonchev–Trinajstić information content (AvgIpc) is 3.11. The molecule has 10 nitrogen and oxygen atoms in total. The molecule has 0 N–H and O–H groups in total. The van der Waals surface area contributed by atoms with Crippen LogP contribution in [0.25, 0.3) is 0 Å². The fraction of sp³-hybridized carbons (Fsp3) is 0.292. The molecule has 3 heterocycles. The van der Waals surface area contributed by atoms with E-state index in [1.165, 1.54) is 4.90 Å². The number of hydroxylamine groups is 2. The van der Waals surface area contributed by atoms with Crippen molar-refractivity contribution < 1.29 is 38.2 Å². The SMILES string of the molecule is CC1=C(OC(=O)OCc2ccccc2)N2C(=O)[C@@H]3[C@@H]2C1OCN3OC(=O)OCc1ccccc1. The molecule has 0 radical (unpaired) electrons. The van der Waals surface area contributed by atoms with Gasteiger partial charge in [-0.2, -0.15) is 0 Å². The summed E-state index contributed by atoms with van der Waals surface area (Å²) in [5, 5.41) is 1.15. The molecule has 176 valence electrons. The largest absolute Gasteiger partial charge is 0.528 e. The van der Waals surface area contributed by atoms with E-state index in [1.807, 2.05) is 60.7 Å². The van der Waals surface area contributed by atoms with Gasteiger partial charge in [-0.3, -0.25) is 9.69 Å². The standard InChI is InChI=1S/C24H22N2O8/c1-15-20-18-19(25(14-32-20)34-24(29)31-13-17-10-6-3-7-11-17)21(27)26(18)22(15)33-23(28)30-12-16-8-4-2-5-9-16/h2-11,18-20H,12-14H2,1H3/t18-,19+,20?/m1/s1. The van der Waals surface area contributed by atoms with Gasteiger partial charge >= 0.3 is 12.3 Å². The first-order chi connectivity index (χ1) is 16.5. The van der Waals surface area contributed by atoms with Crippen LogP contribution in [0, 0.1) is 0 Å². The van der Waals surface area contributed by atoms with Crippen molar-refractivity contribution in [3.63, 3.8) is 0 Å². The lowest BCUT2D eigenvalue weighted by Gasteiger charge is -2.50. The van der Waals surface area contributed by atoms with Gasteiger partial charge < -0.3 is 23.8 Å². The maximum Gasteiger partial charge on any atom is 0.528 e. The van der Waals surface area contributed by atoms with E-state index in [0.717, 1.165) is 16.2 Å². The van der Waals surface area contributed by atoms with Gasteiger partial charge in [0.1, 0.15) is 26.0 Å². The van der Waals surface area contributed by atoms with Crippen LogP contribution in [0.15, 0.2) is 72.1 Å². The van der Waals surface area contributed by atoms with E-state index in [0.29, 0.717) is 5.57 Å². The lowest BCUT2D eigenvalue weighted by Crippen LogP contribution is -2.74. The maximum atomic E-state index is 12.9. The normalized spacial score (nSPS) is 23.1. The van der Waals surface area contributed by atoms with Crippen LogP contribution >= 0.6 is 0 Å². The quantitative estimate of drug-likeness (QED) is 0.469. The summed E-state index contributed by atoms with van der Waals surface area (Å²) in [6, 6.07) is 17.1. The lowest BCUT2D eigenvalue weighted by molar-refractivity contribution is -0.272. The van der Waals surface area contributed by atoms with Gasteiger partial charge in [-0.1, -0.05) is 65.7 Å². The number of β-lactam (4-membered cyclic amide) rings is 1. The Labute approximate surface area is 195 Å². The molecule has 5 rings (SSSR count). The smallest absolute Gasteiger partial charge is 0.429 e. The molecular weight excluding hydrogens is 444 g/mol.